The number of aromatic carboxylic acids is 2. The average Bonchev–Trinajstić information content (AvgIpc) is 2.87. The smallest absolute Gasteiger partial charge is 0.545 e. The third-order valence-electron chi connectivity index (χ3n) is 4.78. The second kappa shape index (κ2) is 19.7. The van der Waals surface area contributed by atoms with Gasteiger partial charge in [-0.3, -0.25) is 9.59 Å². The fourth-order valence-electron chi connectivity index (χ4n) is 2.85. The van der Waals surface area contributed by atoms with E-state index in [-0.39, 0.29) is 53.9 Å². The zero-order valence-corrected chi connectivity index (χ0v) is 24.2. The van der Waals surface area contributed by atoms with Crippen molar-refractivity contribution in [3.8, 4) is 11.5 Å². The van der Waals surface area contributed by atoms with Crippen LogP contribution in [0.4, 0.5) is 0 Å². The minimum atomic E-state index is -1.34. The largest absolute Gasteiger partial charge is 2.00 e. The summed E-state index contributed by atoms with van der Waals surface area (Å²) in [6.45, 7) is 4.09. The predicted molar refractivity (Wildman–Crippen MR) is 127 cm³/mol. The Morgan fingerprint density at radius 1 is 0.649 bits per heavy atom. The predicted octanol–water partition coefficient (Wildman–Crippen LogP) is 2.08. The number of para-hydroxylation sites is 2. The number of hydrogen-bond acceptors (Lipinski definition) is 8. The quantitative estimate of drug-likeness (QED) is 0.200. The molecule has 11 heteroatoms. The summed E-state index contributed by atoms with van der Waals surface area (Å²) in [5.74, 6) is -3.08. The van der Waals surface area contributed by atoms with Gasteiger partial charge in [0.25, 0.3) is 11.8 Å². The normalized spacial score (nSPS) is 9.57. The topological polar surface area (TPSA) is 157 Å². The second-order valence-corrected chi connectivity index (χ2v) is 7.74. The Hall–Kier alpha value is -3.46. The third-order valence-corrected chi connectivity index (χ3v) is 4.78. The van der Waals surface area contributed by atoms with Crippen LogP contribution in [0.25, 0.3) is 0 Å². The number of carbonyl (C=O) groups excluding carboxylic acids is 4. The van der Waals surface area contributed by atoms with E-state index in [0.29, 0.717) is 12.8 Å². The van der Waals surface area contributed by atoms with E-state index < -0.39 is 11.9 Å². The van der Waals surface area contributed by atoms with Crippen LogP contribution in [0.1, 0.15) is 85.9 Å². The van der Waals surface area contributed by atoms with Gasteiger partial charge in [-0.05, 0) is 37.1 Å². The molecule has 0 aromatic heterocycles. The van der Waals surface area contributed by atoms with Gasteiger partial charge in [-0.1, -0.05) is 63.8 Å². The van der Waals surface area contributed by atoms with Crippen LogP contribution in [0, 0.1) is 0 Å². The van der Waals surface area contributed by atoms with Gasteiger partial charge in [-0.15, -0.1) is 0 Å². The number of rotatable bonds is 14. The maximum atomic E-state index is 11.4. The Labute approximate surface area is 229 Å². The molecular weight excluding hydrogens is 534 g/mol. The number of benzene rings is 2. The van der Waals surface area contributed by atoms with Crippen molar-refractivity contribution in [2.75, 3.05) is 0 Å². The Morgan fingerprint density at radius 3 is 1.32 bits per heavy atom. The number of amides is 2. The molecule has 0 aliphatic carbocycles. The molecule has 0 saturated heterocycles. The Balaban J connectivity index is 0.000000682. The molecule has 0 aliphatic rings. The maximum Gasteiger partial charge on any atom is 2.00 e. The molecule has 2 N–H and O–H groups in total. The van der Waals surface area contributed by atoms with Crippen molar-refractivity contribution in [1.29, 1.82) is 0 Å². The van der Waals surface area contributed by atoms with Crippen LogP contribution in [0.15, 0.2) is 48.5 Å². The zero-order valence-electron chi connectivity index (χ0n) is 21.2. The third kappa shape index (κ3) is 14.0. The molecule has 10 nitrogen and oxygen atoms in total. The van der Waals surface area contributed by atoms with Crippen molar-refractivity contribution in [2.45, 2.75) is 65.2 Å². The first kappa shape index (κ1) is 33.5. The van der Waals surface area contributed by atoms with E-state index in [2.05, 4.69) is 11.0 Å². The summed E-state index contributed by atoms with van der Waals surface area (Å²) in [5, 5.41) is 21.5. The van der Waals surface area contributed by atoms with Gasteiger partial charge in [0, 0.05) is 24.0 Å². The summed E-state index contributed by atoms with van der Waals surface area (Å²) in [7, 11) is 0. The van der Waals surface area contributed by atoms with Gasteiger partial charge in [0.1, 0.15) is 0 Å². The van der Waals surface area contributed by atoms with Crippen LogP contribution in [-0.2, 0) is 29.1 Å². The summed E-state index contributed by atoms with van der Waals surface area (Å²) in [5.41, 5.74) is 4.26. The van der Waals surface area contributed by atoms with Crippen molar-refractivity contribution in [1.82, 2.24) is 11.0 Å². The molecule has 0 aliphatic heterocycles. The number of carboxylic acids is 2. The van der Waals surface area contributed by atoms with Gasteiger partial charge < -0.3 is 29.5 Å². The van der Waals surface area contributed by atoms with Gasteiger partial charge in [0.05, 0.1) is 11.9 Å². The van der Waals surface area contributed by atoms with E-state index in [1.807, 2.05) is 13.8 Å². The van der Waals surface area contributed by atoms with Crippen molar-refractivity contribution in [2.24, 2.45) is 0 Å². The molecule has 0 saturated carbocycles. The molecular formula is C26H32N2O8Zn. The standard InChI is InChI=1S/2C13H17NO4.Zn/c2*1-2-3-4-9-12(15)14-18-11-8-6-5-7-10(11)13(16)17;/h2*5-8H,2-4,9H2,1H3,(H,14,15)(H,16,17);/q;;+2/p-2. The second-order valence-electron chi connectivity index (χ2n) is 7.74. The molecule has 0 radical (unpaired) electrons. The molecule has 2 amide bonds. The summed E-state index contributed by atoms with van der Waals surface area (Å²) in [6.07, 6.45) is 6.31. The first-order chi connectivity index (χ1) is 17.3. The Bertz CT molecular complexity index is 921. The summed E-state index contributed by atoms with van der Waals surface area (Å²) in [6, 6.07) is 12.0. The van der Waals surface area contributed by atoms with Crippen molar-refractivity contribution in [3.05, 3.63) is 59.7 Å². The first-order valence-corrected chi connectivity index (χ1v) is 11.8. The van der Waals surface area contributed by atoms with E-state index in [0.717, 1.165) is 38.5 Å². The average molecular weight is 566 g/mol. The molecule has 0 heterocycles. The van der Waals surface area contributed by atoms with Gasteiger partial charge in [0.2, 0.25) is 0 Å². The number of carboxylic acid groups (broad SMARTS) is 2. The molecule has 2 aromatic rings. The van der Waals surface area contributed by atoms with E-state index >= 15 is 0 Å². The molecule has 196 valence electrons. The number of hydroxylamine groups is 2. The fourth-order valence-corrected chi connectivity index (χ4v) is 2.85. The van der Waals surface area contributed by atoms with Gasteiger partial charge >= 0.3 is 19.5 Å². The molecule has 0 spiro atoms. The SMILES string of the molecule is CCCCCC(=O)NOc1ccccc1C(=O)[O-].CCCCCC(=O)NOc1ccccc1C(=O)[O-].[Zn+2]. The van der Waals surface area contributed by atoms with Crippen LogP contribution in [0.2, 0.25) is 0 Å². The summed E-state index contributed by atoms with van der Waals surface area (Å²) >= 11 is 0. The molecule has 37 heavy (non-hydrogen) atoms. The Kier molecular flexibility index (Phi) is 17.9. The summed E-state index contributed by atoms with van der Waals surface area (Å²) < 4.78 is 0. The zero-order chi connectivity index (χ0) is 26.8. The van der Waals surface area contributed by atoms with E-state index in [4.69, 9.17) is 9.68 Å². The first-order valence-electron chi connectivity index (χ1n) is 11.8. The van der Waals surface area contributed by atoms with Gasteiger partial charge in [-0.25, -0.2) is 0 Å². The van der Waals surface area contributed by atoms with E-state index in [1.165, 1.54) is 24.3 Å². The van der Waals surface area contributed by atoms with Crippen LogP contribution in [0.3, 0.4) is 0 Å². The molecule has 0 unspecified atom stereocenters. The molecule has 0 atom stereocenters. The minimum absolute atomic E-state index is 0. The minimum Gasteiger partial charge on any atom is -0.545 e. The number of unbranched alkanes of at least 4 members (excludes halogenated alkanes) is 4. The molecule has 0 bridgehead atoms. The van der Waals surface area contributed by atoms with Crippen LogP contribution in [0.5, 0.6) is 11.5 Å². The van der Waals surface area contributed by atoms with Crippen LogP contribution < -0.4 is 30.8 Å². The van der Waals surface area contributed by atoms with Crippen LogP contribution in [-0.4, -0.2) is 23.8 Å². The number of carbonyl (C=O) groups is 4. The number of nitrogens with one attached hydrogen (secondary N) is 2. The number of hydrogen-bond donors (Lipinski definition) is 2. The van der Waals surface area contributed by atoms with Crippen LogP contribution >= 0.6 is 0 Å². The van der Waals surface area contributed by atoms with Gasteiger partial charge in [0.15, 0.2) is 11.5 Å². The monoisotopic (exact) mass is 564 g/mol. The molecule has 2 rings (SSSR count). The van der Waals surface area contributed by atoms with Gasteiger partial charge in [-0.2, -0.15) is 11.0 Å². The van der Waals surface area contributed by atoms with E-state index in [9.17, 15) is 29.4 Å². The van der Waals surface area contributed by atoms with Crippen molar-refractivity contribution in [3.63, 3.8) is 0 Å². The maximum absolute atomic E-state index is 11.4. The molecule has 0 fully saturated rings. The Morgan fingerprint density at radius 2 is 1.00 bits per heavy atom. The van der Waals surface area contributed by atoms with E-state index in [1.54, 1.807) is 24.3 Å². The van der Waals surface area contributed by atoms with Crippen molar-refractivity contribution < 1.29 is 58.5 Å². The summed E-state index contributed by atoms with van der Waals surface area (Å²) in [4.78, 5) is 54.2. The molecule has 2 aromatic carbocycles. The fraction of sp³-hybridized carbons (Fsp3) is 0.385. The van der Waals surface area contributed by atoms with Crippen molar-refractivity contribution >= 4 is 23.8 Å².